The highest BCUT2D eigenvalue weighted by molar-refractivity contribution is 8.00. The van der Waals surface area contributed by atoms with Gasteiger partial charge in [-0.3, -0.25) is 5.41 Å². The van der Waals surface area contributed by atoms with Crippen LogP contribution in [0.2, 0.25) is 0 Å². The summed E-state index contributed by atoms with van der Waals surface area (Å²) in [5, 5.41) is 7.79. The summed E-state index contributed by atoms with van der Waals surface area (Å²) in [7, 11) is 0. The molecule has 0 radical (unpaired) electrons. The molecular formula is C8H12N4S. The van der Waals surface area contributed by atoms with Gasteiger partial charge in [0.15, 0.2) is 5.16 Å². The first kappa shape index (κ1) is 9.98. The Balaban J connectivity index is 2.64. The van der Waals surface area contributed by atoms with Gasteiger partial charge in [0.05, 0.1) is 5.25 Å². The third-order valence-electron chi connectivity index (χ3n) is 1.48. The van der Waals surface area contributed by atoms with Crippen LogP contribution in [-0.2, 0) is 0 Å². The largest absolute Gasteiger partial charge is 0.387 e. The van der Waals surface area contributed by atoms with Crippen molar-refractivity contribution in [3.8, 4) is 0 Å². The van der Waals surface area contributed by atoms with Crippen LogP contribution in [0, 0.1) is 12.3 Å². The molecule has 0 saturated heterocycles. The van der Waals surface area contributed by atoms with Gasteiger partial charge < -0.3 is 5.73 Å². The summed E-state index contributed by atoms with van der Waals surface area (Å²) in [4.78, 5) is 8.20. The Hall–Kier alpha value is -1.10. The minimum absolute atomic E-state index is 0.0669. The number of rotatable bonds is 3. The van der Waals surface area contributed by atoms with Crippen molar-refractivity contribution in [1.29, 1.82) is 5.41 Å². The summed E-state index contributed by atoms with van der Waals surface area (Å²) in [6, 6.07) is 0. The molecule has 1 heterocycles. The lowest BCUT2D eigenvalue weighted by Crippen LogP contribution is -2.21. The number of amidine groups is 1. The molecule has 1 unspecified atom stereocenters. The number of hydrogen-bond donors (Lipinski definition) is 2. The molecule has 13 heavy (non-hydrogen) atoms. The fourth-order valence-corrected chi connectivity index (χ4v) is 1.33. The number of hydrogen-bond acceptors (Lipinski definition) is 4. The van der Waals surface area contributed by atoms with Crippen LogP contribution in [0.1, 0.15) is 12.5 Å². The van der Waals surface area contributed by atoms with E-state index in [4.69, 9.17) is 11.1 Å². The molecule has 0 saturated carbocycles. The zero-order valence-corrected chi connectivity index (χ0v) is 8.43. The lowest BCUT2D eigenvalue weighted by atomic mass is 10.4. The van der Waals surface area contributed by atoms with E-state index in [1.165, 1.54) is 11.8 Å². The minimum Gasteiger partial charge on any atom is -0.387 e. The Morgan fingerprint density at radius 1 is 1.54 bits per heavy atom. The molecule has 0 bridgehead atoms. The number of thioether (sulfide) groups is 1. The van der Waals surface area contributed by atoms with Crippen molar-refractivity contribution in [3.05, 3.63) is 18.0 Å². The Morgan fingerprint density at radius 2 is 2.08 bits per heavy atom. The van der Waals surface area contributed by atoms with Crippen LogP contribution in [0.25, 0.3) is 0 Å². The van der Waals surface area contributed by atoms with Gasteiger partial charge in [-0.05, 0) is 19.4 Å². The van der Waals surface area contributed by atoms with Gasteiger partial charge in [0.2, 0.25) is 0 Å². The summed E-state index contributed by atoms with van der Waals surface area (Å²) in [6.07, 6.45) is 3.50. The number of aryl methyl sites for hydroxylation is 1. The van der Waals surface area contributed by atoms with E-state index in [2.05, 4.69) is 9.97 Å². The Morgan fingerprint density at radius 3 is 2.54 bits per heavy atom. The second kappa shape index (κ2) is 4.23. The predicted octanol–water partition coefficient (Wildman–Crippen LogP) is 1.20. The van der Waals surface area contributed by atoms with Crippen molar-refractivity contribution in [2.45, 2.75) is 24.3 Å². The molecule has 5 heteroatoms. The van der Waals surface area contributed by atoms with E-state index >= 15 is 0 Å². The van der Waals surface area contributed by atoms with E-state index in [0.29, 0.717) is 5.16 Å². The third-order valence-corrected chi connectivity index (χ3v) is 2.51. The fraction of sp³-hybridized carbons (Fsp3) is 0.375. The molecule has 1 atom stereocenters. The van der Waals surface area contributed by atoms with Crippen LogP contribution in [0.15, 0.2) is 17.6 Å². The molecule has 0 aliphatic rings. The first-order valence-corrected chi connectivity index (χ1v) is 4.77. The second-order valence-electron chi connectivity index (χ2n) is 2.76. The van der Waals surface area contributed by atoms with E-state index in [0.717, 1.165) is 5.56 Å². The van der Waals surface area contributed by atoms with Crippen LogP contribution in [0.5, 0.6) is 0 Å². The normalized spacial score (nSPS) is 12.5. The molecule has 1 aromatic heterocycles. The predicted molar refractivity (Wildman–Crippen MR) is 54.0 cm³/mol. The van der Waals surface area contributed by atoms with Gasteiger partial charge in [-0.15, -0.1) is 0 Å². The van der Waals surface area contributed by atoms with Crippen LogP contribution < -0.4 is 5.73 Å². The Bertz CT molecular complexity index is 296. The van der Waals surface area contributed by atoms with Crippen LogP contribution in [-0.4, -0.2) is 21.1 Å². The van der Waals surface area contributed by atoms with Gasteiger partial charge in [-0.25, -0.2) is 9.97 Å². The van der Waals surface area contributed by atoms with Gasteiger partial charge in [-0.2, -0.15) is 0 Å². The van der Waals surface area contributed by atoms with Crippen molar-refractivity contribution >= 4 is 17.6 Å². The molecule has 0 aliphatic heterocycles. The number of nitrogens with zero attached hydrogens (tertiary/aromatic N) is 2. The Kier molecular flexibility index (Phi) is 3.25. The monoisotopic (exact) mass is 196 g/mol. The molecule has 0 aliphatic carbocycles. The summed E-state index contributed by atoms with van der Waals surface area (Å²) >= 11 is 1.39. The highest BCUT2D eigenvalue weighted by Gasteiger charge is 2.08. The molecule has 4 nitrogen and oxygen atoms in total. The van der Waals surface area contributed by atoms with E-state index in [1.807, 2.05) is 13.8 Å². The van der Waals surface area contributed by atoms with Crippen molar-refractivity contribution < 1.29 is 0 Å². The molecule has 0 aromatic carbocycles. The molecule has 70 valence electrons. The van der Waals surface area contributed by atoms with Crippen LogP contribution >= 0.6 is 11.8 Å². The van der Waals surface area contributed by atoms with Crippen molar-refractivity contribution in [2.24, 2.45) is 5.73 Å². The Labute approximate surface area is 81.5 Å². The molecular weight excluding hydrogens is 184 g/mol. The number of nitrogens with one attached hydrogen (secondary N) is 1. The third kappa shape index (κ3) is 3.02. The van der Waals surface area contributed by atoms with E-state index < -0.39 is 0 Å². The van der Waals surface area contributed by atoms with Gasteiger partial charge >= 0.3 is 0 Å². The highest BCUT2D eigenvalue weighted by Crippen LogP contribution is 2.17. The molecule has 0 spiro atoms. The van der Waals surface area contributed by atoms with E-state index in [-0.39, 0.29) is 11.1 Å². The quantitative estimate of drug-likeness (QED) is 0.329. The SMILES string of the molecule is Cc1cnc(SC(C)C(=N)N)nc1. The van der Waals surface area contributed by atoms with Crippen LogP contribution in [0.4, 0.5) is 0 Å². The topological polar surface area (TPSA) is 75.7 Å². The van der Waals surface area contributed by atoms with Crippen molar-refractivity contribution in [1.82, 2.24) is 9.97 Å². The van der Waals surface area contributed by atoms with Crippen molar-refractivity contribution in [3.63, 3.8) is 0 Å². The zero-order valence-electron chi connectivity index (χ0n) is 7.61. The maximum absolute atomic E-state index is 7.19. The van der Waals surface area contributed by atoms with E-state index in [1.54, 1.807) is 12.4 Å². The molecule has 1 rings (SSSR count). The average Bonchev–Trinajstić information content (AvgIpc) is 2.08. The van der Waals surface area contributed by atoms with Crippen molar-refractivity contribution in [2.75, 3.05) is 0 Å². The van der Waals surface area contributed by atoms with Gasteiger partial charge in [0.25, 0.3) is 0 Å². The van der Waals surface area contributed by atoms with Gasteiger partial charge in [-0.1, -0.05) is 11.8 Å². The fourth-order valence-electron chi connectivity index (χ4n) is 0.663. The standard InChI is InChI=1S/C8H12N4S/c1-5-3-11-8(12-4-5)13-6(2)7(9)10/h3-4,6H,1-2H3,(H3,9,10). The number of aromatic nitrogens is 2. The maximum atomic E-state index is 7.19. The van der Waals surface area contributed by atoms with E-state index in [9.17, 15) is 0 Å². The first-order chi connectivity index (χ1) is 6.09. The zero-order chi connectivity index (χ0) is 9.84. The molecule has 3 N–H and O–H groups in total. The summed E-state index contributed by atoms with van der Waals surface area (Å²) in [6.45, 7) is 3.79. The average molecular weight is 196 g/mol. The molecule has 0 fully saturated rings. The van der Waals surface area contributed by atoms with Gasteiger partial charge in [0, 0.05) is 12.4 Å². The van der Waals surface area contributed by atoms with Gasteiger partial charge in [0.1, 0.15) is 5.84 Å². The molecule has 0 amide bonds. The van der Waals surface area contributed by atoms with Crippen LogP contribution in [0.3, 0.4) is 0 Å². The lowest BCUT2D eigenvalue weighted by Gasteiger charge is -2.06. The maximum Gasteiger partial charge on any atom is 0.188 e. The summed E-state index contributed by atoms with van der Waals surface area (Å²) in [5.41, 5.74) is 6.35. The minimum atomic E-state index is -0.0669. The first-order valence-electron chi connectivity index (χ1n) is 3.89. The second-order valence-corrected chi connectivity index (χ2v) is 4.07. The lowest BCUT2D eigenvalue weighted by molar-refractivity contribution is 0.946. The smallest absolute Gasteiger partial charge is 0.188 e. The highest BCUT2D eigenvalue weighted by atomic mass is 32.2. The molecule has 1 aromatic rings. The number of nitrogens with two attached hydrogens (primary N) is 1. The summed E-state index contributed by atoms with van der Waals surface area (Å²) < 4.78 is 0. The summed E-state index contributed by atoms with van der Waals surface area (Å²) in [5.74, 6) is 0.147.